The maximum atomic E-state index is 11.6. The Hall–Kier alpha value is -1.56. The molecular weight excluding hydrogens is 256 g/mol. The minimum atomic E-state index is -0.593. The summed E-state index contributed by atoms with van der Waals surface area (Å²) in [5.74, 6) is -0.294. The van der Waals surface area contributed by atoms with Crippen molar-refractivity contribution in [1.82, 2.24) is 0 Å². The molecular formula is C14H28N4O2. The van der Waals surface area contributed by atoms with Crippen molar-refractivity contribution >= 4 is 11.9 Å². The molecule has 6 N–H and O–H groups in total. The first-order chi connectivity index (χ1) is 9.57. The van der Waals surface area contributed by atoms with Gasteiger partial charge in [-0.1, -0.05) is 19.1 Å². The molecule has 0 saturated carbocycles. The summed E-state index contributed by atoms with van der Waals surface area (Å²) in [5, 5.41) is 0. The number of hydrogen-bond acceptors (Lipinski definition) is 4. The molecule has 0 aliphatic carbocycles. The van der Waals surface area contributed by atoms with Crippen molar-refractivity contribution in [2.45, 2.75) is 51.5 Å². The molecule has 0 spiro atoms. The minimum absolute atomic E-state index is 0.0540. The van der Waals surface area contributed by atoms with Crippen LogP contribution in [0.2, 0.25) is 0 Å². The molecule has 1 atom stereocenters. The first-order valence-corrected chi connectivity index (χ1v) is 7.20. The Morgan fingerprint density at radius 1 is 1.25 bits per heavy atom. The van der Waals surface area contributed by atoms with Crippen LogP contribution in [0.3, 0.4) is 0 Å². The standard InChI is InChI=1S/C14H28N4O2/c1-2-3-4-5-6-7-11-20-13(19)12(15)9-8-10-18-14(16)17/h3-4,12H,2,5-11,15H2,1H3,(H4,16,17,18)/t12-/m1/s1. The van der Waals surface area contributed by atoms with Crippen molar-refractivity contribution in [2.24, 2.45) is 22.2 Å². The van der Waals surface area contributed by atoms with Crippen molar-refractivity contribution in [3.8, 4) is 0 Å². The van der Waals surface area contributed by atoms with Gasteiger partial charge in [0.25, 0.3) is 0 Å². The average molecular weight is 284 g/mol. The molecule has 0 bridgehead atoms. The highest BCUT2D eigenvalue weighted by Crippen LogP contribution is 2.01. The van der Waals surface area contributed by atoms with Crippen LogP contribution in [0.1, 0.15) is 45.4 Å². The van der Waals surface area contributed by atoms with Crippen LogP contribution in [0.15, 0.2) is 17.1 Å². The quantitative estimate of drug-likeness (QED) is 0.172. The first-order valence-electron chi connectivity index (χ1n) is 7.20. The van der Waals surface area contributed by atoms with Gasteiger partial charge >= 0.3 is 5.97 Å². The van der Waals surface area contributed by atoms with Gasteiger partial charge in [0.15, 0.2) is 5.96 Å². The van der Waals surface area contributed by atoms with Crippen LogP contribution < -0.4 is 17.2 Å². The van der Waals surface area contributed by atoms with E-state index >= 15 is 0 Å². The molecule has 0 aromatic carbocycles. The number of carbonyl (C=O) groups excluding carboxylic acids is 1. The molecule has 0 aliphatic rings. The second-order valence-corrected chi connectivity index (χ2v) is 4.60. The van der Waals surface area contributed by atoms with E-state index < -0.39 is 6.04 Å². The molecule has 0 aromatic rings. The summed E-state index contributed by atoms with van der Waals surface area (Å²) in [6.45, 7) is 3.01. The number of ether oxygens (including phenoxy) is 1. The molecule has 0 radical (unpaired) electrons. The highest BCUT2D eigenvalue weighted by Gasteiger charge is 2.13. The topological polar surface area (TPSA) is 117 Å². The number of nitrogens with two attached hydrogens (primary N) is 3. The van der Waals surface area contributed by atoms with Crippen LogP contribution in [0.5, 0.6) is 0 Å². The van der Waals surface area contributed by atoms with Gasteiger partial charge in [0.05, 0.1) is 6.61 Å². The minimum Gasteiger partial charge on any atom is -0.465 e. The Morgan fingerprint density at radius 2 is 2.00 bits per heavy atom. The summed E-state index contributed by atoms with van der Waals surface area (Å²) in [4.78, 5) is 15.4. The van der Waals surface area contributed by atoms with Crippen molar-refractivity contribution in [3.05, 3.63) is 12.2 Å². The van der Waals surface area contributed by atoms with Crippen molar-refractivity contribution in [2.75, 3.05) is 13.2 Å². The predicted octanol–water partition coefficient (Wildman–Crippen LogP) is 1.05. The lowest BCUT2D eigenvalue weighted by Gasteiger charge is -2.10. The number of carbonyl (C=O) groups is 1. The lowest BCUT2D eigenvalue weighted by atomic mass is 10.2. The summed E-state index contributed by atoms with van der Waals surface area (Å²) in [7, 11) is 0. The molecule has 0 saturated heterocycles. The average Bonchev–Trinajstić information content (AvgIpc) is 2.41. The molecule has 6 heteroatoms. The molecule has 116 valence electrons. The number of rotatable bonds is 11. The third-order valence-corrected chi connectivity index (χ3v) is 2.68. The van der Waals surface area contributed by atoms with E-state index in [2.05, 4.69) is 24.1 Å². The molecule has 20 heavy (non-hydrogen) atoms. The fourth-order valence-electron chi connectivity index (χ4n) is 1.57. The Labute approximate surface area is 121 Å². The Balaban J connectivity index is 3.55. The predicted molar refractivity (Wildman–Crippen MR) is 82.1 cm³/mol. The fourth-order valence-corrected chi connectivity index (χ4v) is 1.57. The third kappa shape index (κ3) is 11.5. The van der Waals surface area contributed by atoms with Gasteiger partial charge in [-0.25, -0.2) is 0 Å². The smallest absolute Gasteiger partial charge is 0.322 e. The van der Waals surface area contributed by atoms with E-state index in [9.17, 15) is 4.79 Å². The van der Waals surface area contributed by atoms with Gasteiger partial charge < -0.3 is 21.9 Å². The normalized spacial score (nSPS) is 12.3. The fraction of sp³-hybridized carbons (Fsp3) is 0.714. The van der Waals surface area contributed by atoms with E-state index in [0.29, 0.717) is 26.0 Å². The van der Waals surface area contributed by atoms with E-state index in [-0.39, 0.29) is 11.9 Å². The SMILES string of the molecule is CCC=CCCCCOC(=O)[C@H](N)CCCN=C(N)N. The van der Waals surface area contributed by atoms with Crippen molar-refractivity contribution < 1.29 is 9.53 Å². The summed E-state index contributed by atoms with van der Waals surface area (Å²) < 4.78 is 5.12. The summed E-state index contributed by atoms with van der Waals surface area (Å²) in [5.41, 5.74) is 16.1. The zero-order chi connectivity index (χ0) is 15.2. The van der Waals surface area contributed by atoms with Crippen LogP contribution in [0, 0.1) is 0 Å². The second-order valence-electron chi connectivity index (χ2n) is 4.60. The van der Waals surface area contributed by atoms with Crippen molar-refractivity contribution in [1.29, 1.82) is 0 Å². The van der Waals surface area contributed by atoms with Gasteiger partial charge in [0.2, 0.25) is 0 Å². The number of hydrogen-bond donors (Lipinski definition) is 3. The van der Waals surface area contributed by atoms with Crippen LogP contribution >= 0.6 is 0 Å². The summed E-state index contributed by atoms with van der Waals surface area (Å²) in [6, 6.07) is -0.593. The Kier molecular flexibility index (Phi) is 11.5. The van der Waals surface area contributed by atoms with E-state index in [1.165, 1.54) is 0 Å². The maximum absolute atomic E-state index is 11.6. The molecule has 0 amide bonds. The first kappa shape index (κ1) is 18.4. The number of allylic oxidation sites excluding steroid dienone is 2. The number of esters is 1. The number of aliphatic imine (C=N–C) groups is 1. The Morgan fingerprint density at radius 3 is 2.65 bits per heavy atom. The number of nitrogens with zero attached hydrogens (tertiary/aromatic N) is 1. The zero-order valence-corrected chi connectivity index (χ0v) is 12.4. The third-order valence-electron chi connectivity index (χ3n) is 2.68. The van der Waals surface area contributed by atoms with Crippen LogP contribution in [-0.4, -0.2) is 31.1 Å². The van der Waals surface area contributed by atoms with Gasteiger partial charge in [-0.05, 0) is 38.5 Å². The van der Waals surface area contributed by atoms with Crippen LogP contribution in [-0.2, 0) is 9.53 Å². The van der Waals surface area contributed by atoms with Gasteiger partial charge in [-0.15, -0.1) is 0 Å². The van der Waals surface area contributed by atoms with E-state index in [0.717, 1.165) is 25.7 Å². The number of guanidine groups is 1. The molecule has 6 nitrogen and oxygen atoms in total. The van der Waals surface area contributed by atoms with Gasteiger partial charge in [0, 0.05) is 6.54 Å². The second kappa shape index (κ2) is 12.5. The Bertz CT molecular complexity index is 312. The summed E-state index contributed by atoms with van der Waals surface area (Å²) >= 11 is 0. The molecule has 0 fully saturated rings. The highest BCUT2D eigenvalue weighted by molar-refractivity contribution is 5.76. The highest BCUT2D eigenvalue weighted by atomic mass is 16.5. The van der Waals surface area contributed by atoms with E-state index in [1.807, 2.05) is 0 Å². The largest absolute Gasteiger partial charge is 0.465 e. The monoisotopic (exact) mass is 284 g/mol. The molecule has 0 heterocycles. The molecule has 0 aliphatic heterocycles. The molecule has 0 rings (SSSR count). The number of unbranched alkanes of at least 4 members (excludes halogenated alkanes) is 2. The maximum Gasteiger partial charge on any atom is 0.322 e. The van der Waals surface area contributed by atoms with E-state index in [1.54, 1.807) is 0 Å². The van der Waals surface area contributed by atoms with Gasteiger partial charge in [-0.2, -0.15) is 0 Å². The molecule has 0 aromatic heterocycles. The van der Waals surface area contributed by atoms with Crippen LogP contribution in [0.25, 0.3) is 0 Å². The molecule has 0 unspecified atom stereocenters. The van der Waals surface area contributed by atoms with Crippen LogP contribution in [0.4, 0.5) is 0 Å². The van der Waals surface area contributed by atoms with Gasteiger partial charge in [-0.3, -0.25) is 9.79 Å². The van der Waals surface area contributed by atoms with E-state index in [4.69, 9.17) is 21.9 Å². The lowest BCUT2D eigenvalue weighted by molar-refractivity contribution is -0.145. The van der Waals surface area contributed by atoms with Gasteiger partial charge in [0.1, 0.15) is 6.04 Å². The zero-order valence-electron chi connectivity index (χ0n) is 12.4. The summed E-state index contributed by atoms with van der Waals surface area (Å²) in [6.07, 6.45) is 9.43. The lowest BCUT2D eigenvalue weighted by Crippen LogP contribution is -2.32. The van der Waals surface area contributed by atoms with Crippen molar-refractivity contribution in [3.63, 3.8) is 0 Å².